The van der Waals surface area contributed by atoms with Gasteiger partial charge in [-0.3, -0.25) is 9.79 Å². The van der Waals surface area contributed by atoms with Crippen LogP contribution in [0.4, 0.5) is 5.69 Å². The van der Waals surface area contributed by atoms with Gasteiger partial charge in [0.05, 0.1) is 12.3 Å². The molecule has 1 fully saturated rings. The number of nitrogens with one attached hydrogen (secondary N) is 1. The smallest absolute Gasteiger partial charge is 0.265 e. The number of ether oxygens (including phenoxy) is 2. The van der Waals surface area contributed by atoms with Crippen molar-refractivity contribution in [3.05, 3.63) is 24.3 Å². The van der Waals surface area contributed by atoms with Crippen molar-refractivity contribution in [1.29, 1.82) is 0 Å². The van der Waals surface area contributed by atoms with Crippen LogP contribution in [0, 0.1) is 5.92 Å². The van der Waals surface area contributed by atoms with E-state index in [0.29, 0.717) is 12.5 Å². The first-order chi connectivity index (χ1) is 12.7. The van der Waals surface area contributed by atoms with Gasteiger partial charge in [-0.05, 0) is 25.0 Å². The van der Waals surface area contributed by atoms with Crippen LogP contribution in [0.5, 0.6) is 5.75 Å². The topological polar surface area (TPSA) is 66.4 Å². The van der Waals surface area contributed by atoms with Gasteiger partial charge in [-0.2, -0.15) is 0 Å². The van der Waals surface area contributed by atoms with Crippen LogP contribution in [0.15, 0.2) is 29.3 Å². The Morgan fingerprint density at radius 2 is 2.27 bits per heavy atom. The number of rotatable bonds is 6. The number of carbonyl (C=O) groups is 1. The molecule has 26 heavy (non-hydrogen) atoms. The van der Waals surface area contributed by atoms with Gasteiger partial charge >= 0.3 is 0 Å². The molecule has 1 aromatic rings. The van der Waals surface area contributed by atoms with Crippen molar-refractivity contribution >= 4 is 17.6 Å². The van der Waals surface area contributed by atoms with E-state index in [9.17, 15) is 4.79 Å². The third-order valence-electron chi connectivity index (χ3n) is 4.78. The third-order valence-corrected chi connectivity index (χ3v) is 4.78. The lowest BCUT2D eigenvalue weighted by Crippen LogP contribution is -2.43. The summed E-state index contributed by atoms with van der Waals surface area (Å²) in [5.41, 5.74) is 0.853. The maximum Gasteiger partial charge on any atom is 0.265 e. The number of nitrogens with zero attached hydrogens (tertiary/aromatic N) is 3. The number of anilines is 1. The van der Waals surface area contributed by atoms with Crippen molar-refractivity contribution in [2.24, 2.45) is 10.9 Å². The fourth-order valence-electron chi connectivity index (χ4n) is 3.42. The minimum absolute atomic E-state index is 0.00596. The molecule has 1 amide bonds. The van der Waals surface area contributed by atoms with Gasteiger partial charge in [0, 0.05) is 46.3 Å². The van der Waals surface area contributed by atoms with E-state index < -0.39 is 0 Å². The van der Waals surface area contributed by atoms with E-state index in [2.05, 4.69) is 22.3 Å². The highest BCUT2D eigenvalue weighted by Gasteiger charge is 2.24. The molecule has 7 nitrogen and oxygen atoms in total. The summed E-state index contributed by atoms with van der Waals surface area (Å²) in [4.78, 5) is 20.5. The zero-order valence-electron chi connectivity index (χ0n) is 15.6. The number of amides is 1. The third kappa shape index (κ3) is 4.46. The Labute approximate surface area is 155 Å². The molecule has 2 aliphatic rings. The van der Waals surface area contributed by atoms with Crippen molar-refractivity contribution in [2.45, 2.75) is 12.8 Å². The monoisotopic (exact) mass is 360 g/mol. The molecular weight excluding hydrogens is 332 g/mol. The van der Waals surface area contributed by atoms with Crippen molar-refractivity contribution in [3.8, 4) is 5.75 Å². The number of aliphatic imine (C=N–C) groups is 1. The van der Waals surface area contributed by atoms with E-state index in [1.165, 1.54) is 0 Å². The number of benzene rings is 1. The van der Waals surface area contributed by atoms with Gasteiger partial charge in [0.15, 0.2) is 12.6 Å². The second-order valence-corrected chi connectivity index (χ2v) is 6.74. The molecule has 0 radical (unpaired) electrons. The molecule has 0 spiro atoms. The molecule has 3 rings (SSSR count). The summed E-state index contributed by atoms with van der Waals surface area (Å²) >= 11 is 0. The number of fused-ring (bicyclic) bond motifs is 1. The van der Waals surface area contributed by atoms with Crippen LogP contribution in [0.1, 0.15) is 12.8 Å². The zero-order valence-corrected chi connectivity index (χ0v) is 15.6. The van der Waals surface area contributed by atoms with Gasteiger partial charge in [-0.15, -0.1) is 0 Å². The Bertz CT molecular complexity index is 643. The van der Waals surface area contributed by atoms with Crippen molar-refractivity contribution in [3.63, 3.8) is 0 Å². The van der Waals surface area contributed by atoms with Crippen LogP contribution >= 0.6 is 0 Å². The van der Waals surface area contributed by atoms with E-state index in [-0.39, 0.29) is 12.5 Å². The fraction of sp³-hybridized carbons (Fsp3) is 0.579. The molecule has 1 saturated heterocycles. The maximum atomic E-state index is 12.2. The first-order valence-corrected chi connectivity index (χ1v) is 9.20. The van der Waals surface area contributed by atoms with Crippen molar-refractivity contribution in [2.75, 3.05) is 58.5 Å². The fourth-order valence-corrected chi connectivity index (χ4v) is 3.42. The van der Waals surface area contributed by atoms with Gasteiger partial charge in [-0.1, -0.05) is 12.1 Å². The van der Waals surface area contributed by atoms with Crippen LogP contribution in [-0.2, 0) is 9.53 Å². The zero-order chi connectivity index (χ0) is 18.4. The summed E-state index contributed by atoms with van der Waals surface area (Å²) in [5, 5.41) is 3.39. The summed E-state index contributed by atoms with van der Waals surface area (Å²) in [7, 11) is 3.85. The van der Waals surface area contributed by atoms with Crippen molar-refractivity contribution < 1.29 is 14.3 Å². The summed E-state index contributed by atoms with van der Waals surface area (Å²) in [6.07, 6.45) is 1.94. The van der Waals surface area contributed by atoms with E-state index in [1.807, 2.05) is 29.2 Å². The van der Waals surface area contributed by atoms with Crippen LogP contribution in [0.3, 0.4) is 0 Å². The second kappa shape index (κ2) is 8.89. The maximum absolute atomic E-state index is 12.2. The van der Waals surface area contributed by atoms with Crippen LogP contribution < -0.4 is 15.0 Å². The van der Waals surface area contributed by atoms with Crippen LogP contribution in [0.2, 0.25) is 0 Å². The first-order valence-electron chi connectivity index (χ1n) is 9.20. The van der Waals surface area contributed by atoms with E-state index in [4.69, 9.17) is 9.47 Å². The highest BCUT2D eigenvalue weighted by molar-refractivity contribution is 5.97. The van der Waals surface area contributed by atoms with Gasteiger partial charge in [-0.25, -0.2) is 0 Å². The van der Waals surface area contributed by atoms with Gasteiger partial charge < -0.3 is 24.6 Å². The molecule has 7 heteroatoms. The Morgan fingerprint density at radius 1 is 1.42 bits per heavy atom. The minimum atomic E-state index is 0.00596. The molecule has 1 N–H and O–H groups in total. The average Bonchev–Trinajstić information content (AvgIpc) is 3.16. The largest absolute Gasteiger partial charge is 0.482 e. The van der Waals surface area contributed by atoms with Gasteiger partial charge in [0.2, 0.25) is 0 Å². The molecule has 2 heterocycles. The quantitative estimate of drug-likeness (QED) is 0.471. The molecular formula is C19H28N4O3. The molecule has 0 saturated carbocycles. The molecule has 1 atom stereocenters. The Balaban J connectivity index is 1.46. The van der Waals surface area contributed by atoms with Crippen LogP contribution in [-0.4, -0.2) is 70.3 Å². The second-order valence-electron chi connectivity index (χ2n) is 6.74. The molecule has 0 bridgehead atoms. The predicted molar refractivity (Wildman–Crippen MR) is 102 cm³/mol. The number of para-hydroxylation sites is 2. The number of hydrogen-bond acceptors (Lipinski definition) is 4. The normalized spacial score (nSPS) is 19.9. The SMILES string of the molecule is CN=C(NCCCN1C(=O)COc2ccccc21)N(C)CC1CCOC1. The lowest BCUT2D eigenvalue weighted by atomic mass is 10.1. The van der Waals surface area contributed by atoms with Crippen LogP contribution in [0.25, 0.3) is 0 Å². The summed E-state index contributed by atoms with van der Waals surface area (Å²) in [6.45, 7) is 4.15. The van der Waals surface area contributed by atoms with E-state index in [1.54, 1.807) is 7.05 Å². The lowest BCUT2D eigenvalue weighted by Gasteiger charge is -2.29. The molecule has 0 aromatic heterocycles. The molecule has 2 aliphatic heterocycles. The number of hydrogen-bond donors (Lipinski definition) is 1. The van der Waals surface area contributed by atoms with Gasteiger partial charge in [0.1, 0.15) is 5.75 Å². The lowest BCUT2D eigenvalue weighted by molar-refractivity contribution is -0.121. The average molecular weight is 360 g/mol. The molecule has 1 unspecified atom stereocenters. The Hall–Kier alpha value is -2.28. The predicted octanol–water partition coefficient (Wildman–Crippen LogP) is 1.35. The summed E-state index contributed by atoms with van der Waals surface area (Å²) in [5.74, 6) is 2.23. The van der Waals surface area contributed by atoms with Gasteiger partial charge in [0.25, 0.3) is 5.91 Å². The summed E-state index contributed by atoms with van der Waals surface area (Å²) in [6, 6.07) is 7.67. The minimum Gasteiger partial charge on any atom is -0.482 e. The Kier molecular flexibility index (Phi) is 6.33. The number of carbonyl (C=O) groups excluding carboxylic acids is 1. The Morgan fingerprint density at radius 3 is 3.04 bits per heavy atom. The highest BCUT2D eigenvalue weighted by atomic mass is 16.5. The van der Waals surface area contributed by atoms with E-state index >= 15 is 0 Å². The number of guanidine groups is 1. The highest BCUT2D eigenvalue weighted by Crippen LogP contribution is 2.31. The standard InChI is InChI=1S/C19H28N4O3/c1-20-19(22(2)12-15-8-11-25-13-15)21-9-5-10-23-16-6-3-4-7-17(16)26-14-18(23)24/h3-4,6-7,15H,5,8-14H2,1-2H3,(H,20,21). The van der Waals surface area contributed by atoms with E-state index in [0.717, 1.165) is 56.5 Å². The molecule has 142 valence electrons. The molecule has 0 aliphatic carbocycles. The van der Waals surface area contributed by atoms with Crippen molar-refractivity contribution in [1.82, 2.24) is 10.2 Å². The molecule has 1 aromatic carbocycles. The first kappa shape index (κ1) is 18.5. The summed E-state index contributed by atoms with van der Waals surface area (Å²) < 4.78 is 10.9.